The summed E-state index contributed by atoms with van der Waals surface area (Å²) in [6.07, 6.45) is 1.49. The van der Waals surface area contributed by atoms with Crippen molar-refractivity contribution in [1.82, 2.24) is 5.32 Å². The van der Waals surface area contributed by atoms with E-state index in [2.05, 4.69) is 5.32 Å². The van der Waals surface area contributed by atoms with Gasteiger partial charge >= 0.3 is 0 Å². The zero-order valence-electron chi connectivity index (χ0n) is 11.4. The normalized spacial score (nSPS) is 18.4. The number of amides is 1. The van der Waals surface area contributed by atoms with Crippen LogP contribution in [-0.2, 0) is 11.2 Å². The highest BCUT2D eigenvalue weighted by Gasteiger charge is 2.29. The number of carbonyl (C=O) groups excluding carboxylic acids is 1. The fourth-order valence-corrected chi connectivity index (χ4v) is 2.70. The van der Waals surface area contributed by atoms with Crippen molar-refractivity contribution in [2.75, 3.05) is 12.5 Å². The van der Waals surface area contributed by atoms with E-state index in [1.807, 2.05) is 38.1 Å². The summed E-state index contributed by atoms with van der Waals surface area (Å²) in [5, 5.41) is 3.05. The van der Waals surface area contributed by atoms with Gasteiger partial charge in [-0.1, -0.05) is 18.2 Å². The third kappa shape index (κ3) is 3.63. The van der Waals surface area contributed by atoms with Crippen LogP contribution in [0.1, 0.15) is 25.8 Å². The molecule has 1 atom stereocenters. The molecule has 1 amide bonds. The maximum absolute atomic E-state index is 12.3. The van der Waals surface area contributed by atoms with Crippen molar-refractivity contribution in [2.45, 2.75) is 32.2 Å². The van der Waals surface area contributed by atoms with Crippen molar-refractivity contribution in [3.63, 3.8) is 0 Å². The highest BCUT2D eigenvalue weighted by Crippen LogP contribution is 2.27. The Kier molecular flexibility index (Phi) is 4.35. The largest absolute Gasteiger partial charge is 0.492 e. The van der Waals surface area contributed by atoms with E-state index in [-0.39, 0.29) is 17.4 Å². The summed E-state index contributed by atoms with van der Waals surface area (Å²) in [6.45, 7) is 4.43. The standard InChI is InChI=1S/C15H20ClNO2/c1-15(2,7-8-16)17-14(18)12-9-11-5-3-4-6-13(11)19-10-12/h3-6,12H,7-10H2,1-2H3,(H,17,18). The van der Waals surface area contributed by atoms with Gasteiger partial charge in [0.2, 0.25) is 5.91 Å². The lowest BCUT2D eigenvalue weighted by molar-refractivity contribution is -0.127. The molecule has 1 aromatic carbocycles. The van der Waals surface area contributed by atoms with E-state index in [9.17, 15) is 4.79 Å². The summed E-state index contributed by atoms with van der Waals surface area (Å²) in [5.74, 6) is 1.36. The van der Waals surface area contributed by atoms with Crippen LogP contribution in [0.2, 0.25) is 0 Å². The lowest BCUT2D eigenvalue weighted by Gasteiger charge is -2.30. The van der Waals surface area contributed by atoms with Gasteiger partial charge in [-0.05, 0) is 38.3 Å². The second-order valence-electron chi connectivity index (χ2n) is 5.63. The molecule has 1 unspecified atom stereocenters. The minimum absolute atomic E-state index is 0.0459. The summed E-state index contributed by atoms with van der Waals surface area (Å²) in [7, 11) is 0. The summed E-state index contributed by atoms with van der Waals surface area (Å²) in [5.41, 5.74) is 0.833. The molecule has 0 saturated heterocycles. The smallest absolute Gasteiger partial charge is 0.227 e. The molecule has 0 bridgehead atoms. The van der Waals surface area contributed by atoms with Crippen LogP contribution in [0.5, 0.6) is 5.75 Å². The van der Waals surface area contributed by atoms with Crippen LogP contribution < -0.4 is 10.1 Å². The van der Waals surface area contributed by atoms with E-state index in [4.69, 9.17) is 16.3 Å². The number of alkyl halides is 1. The first-order chi connectivity index (χ1) is 9.02. The van der Waals surface area contributed by atoms with Crippen LogP contribution in [0.15, 0.2) is 24.3 Å². The van der Waals surface area contributed by atoms with Gasteiger partial charge in [-0.2, -0.15) is 0 Å². The van der Waals surface area contributed by atoms with E-state index < -0.39 is 0 Å². The van der Waals surface area contributed by atoms with Crippen molar-refractivity contribution in [2.24, 2.45) is 5.92 Å². The minimum Gasteiger partial charge on any atom is -0.492 e. The first kappa shape index (κ1) is 14.2. The van der Waals surface area contributed by atoms with Crippen LogP contribution >= 0.6 is 11.6 Å². The summed E-state index contributed by atoms with van der Waals surface area (Å²) in [6, 6.07) is 7.88. The van der Waals surface area contributed by atoms with E-state index in [0.717, 1.165) is 24.2 Å². The maximum Gasteiger partial charge on any atom is 0.227 e. The molecule has 104 valence electrons. The summed E-state index contributed by atoms with van der Waals surface area (Å²) >= 11 is 5.75. The second kappa shape index (κ2) is 5.83. The number of rotatable bonds is 4. The number of benzene rings is 1. The van der Waals surface area contributed by atoms with E-state index in [1.54, 1.807) is 0 Å². The van der Waals surface area contributed by atoms with E-state index in [1.165, 1.54) is 0 Å². The molecular formula is C15H20ClNO2. The fraction of sp³-hybridized carbons (Fsp3) is 0.533. The summed E-state index contributed by atoms with van der Waals surface area (Å²) < 4.78 is 5.64. The molecule has 2 rings (SSSR count). The van der Waals surface area contributed by atoms with Gasteiger partial charge in [-0.25, -0.2) is 0 Å². The van der Waals surface area contributed by atoms with Crippen LogP contribution in [-0.4, -0.2) is 23.9 Å². The lowest BCUT2D eigenvalue weighted by Crippen LogP contribution is -2.48. The Hall–Kier alpha value is -1.22. The number of para-hydroxylation sites is 1. The Labute approximate surface area is 119 Å². The molecule has 1 N–H and O–H groups in total. The number of hydrogen-bond donors (Lipinski definition) is 1. The quantitative estimate of drug-likeness (QED) is 0.862. The van der Waals surface area contributed by atoms with Gasteiger partial charge in [0.05, 0.1) is 5.92 Å². The second-order valence-corrected chi connectivity index (χ2v) is 6.01. The molecule has 4 heteroatoms. The van der Waals surface area contributed by atoms with Gasteiger partial charge in [-0.3, -0.25) is 4.79 Å². The third-order valence-electron chi connectivity index (χ3n) is 3.43. The molecule has 1 aliphatic heterocycles. The van der Waals surface area contributed by atoms with Crippen LogP contribution in [0.25, 0.3) is 0 Å². The first-order valence-corrected chi connectivity index (χ1v) is 7.14. The Morgan fingerprint density at radius 2 is 2.21 bits per heavy atom. The summed E-state index contributed by atoms with van der Waals surface area (Å²) in [4.78, 5) is 12.3. The van der Waals surface area contributed by atoms with E-state index >= 15 is 0 Å². The van der Waals surface area contributed by atoms with Gasteiger partial charge in [-0.15, -0.1) is 11.6 Å². The molecule has 0 saturated carbocycles. The average molecular weight is 282 g/mol. The predicted molar refractivity (Wildman–Crippen MR) is 76.7 cm³/mol. The van der Waals surface area contributed by atoms with Crippen molar-refractivity contribution in [3.05, 3.63) is 29.8 Å². The Bertz CT molecular complexity index is 459. The molecule has 1 aromatic rings. The number of carbonyl (C=O) groups is 1. The number of nitrogens with one attached hydrogen (secondary N) is 1. The zero-order chi connectivity index (χ0) is 13.9. The van der Waals surface area contributed by atoms with Crippen LogP contribution in [0, 0.1) is 5.92 Å². The lowest BCUT2D eigenvalue weighted by atomic mass is 9.94. The average Bonchev–Trinajstić information content (AvgIpc) is 2.37. The highest BCUT2D eigenvalue weighted by molar-refractivity contribution is 6.17. The van der Waals surface area contributed by atoms with Gasteiger partial charge < -0.3 is 10.1 Å². The van der Waals surface area contributed by atoms with Crippen molar-refractivity contribution in [1.29, 1.82) is 0 Å². The highest BCUT2D eigenvalue weighted by atomic mass is 35.5. The molecule has 0 radical (unpaired) electrons. The molecule has 0 fully saturated rings. The molecule has 0 aromatic heterocycles. The molecule has 1 aliphatic rings. The topological polar surface area (TPSA) is 38.3 Å². The monoisotopic (exact) mass is 281 g/mol. The molecule has 0 aliphatic carbocycles. The number of halogens is 1. The number of fused-ring (bicyclic) bond motifs is 1. The molecule has 1 heterocycles. The van der Waals surface area contributed by atoms with Crippen LogP contribution in [0.4, 0.5) is 0 Å². The van der Waals surface area contributed by atoms with Crippen LogP contribution in [0.3, 0.4) is 0 Å². The van der Waals surface area contributed by atoms with Gasteiger partial charge in [0.1, 0.15) is 12.4 Å². The maximum atomic E-state index is 12.3. The number of hydrogen-bond acceptors (Lipinski definition) is 2. The van der Waals surface area contributed by atoms with Crippen molar-refractivity contribution >= 4 is 17.5 Å². The molecule has 3 nitrogen and oxygen atoms in total. The molecule has 19 heavy (non-hydrogen) atoms. The Morgan fingerprint density at radius 1 is 1.47 bits per heavy atom. The zero-order valence-corrected chi connectivity index (χ0v) is 12.2. The Morgan fingerprint density at radius 3 is 2.95 bits per heavy atom. The van der Waals surface area contributed by atoms with Gasteiger partial charge in [0.15, 0.2) is 0 Å². The molecule has 0 spiro atoms. The van der Waals surface area contributed by atoms with Crippen molar-refractivity contribution in [3.8, 4) is 5.75 Å². The van der Waals surface area contributed by atoms with Crippen molar-refractivity contribution < 1.29 is 9.53 Å². The first-order valence-electron chi connectivity index (χ1n) is 6.60. The van der Waals surface area contributed by atoms with Gasteiger partial charge in [0, 0.05) is 11.4 Å². The number of ether oxygens (including phenoxy) is 1. The van der Waals surface area contributed by atoms with Gasteiger partial charge in [0.25, 0.3) is 0 Å². The minimum atomic E-state index is -0.268. The van der Waals surface area contributed by atoms with E-state index in [0.29, 0.717) is 12.5 Å². The SMILES string of the molecule is CC(C)(CCCl)NC(=O)C1COc2ccccc2C1. The molecular weight excluding hydrogens is 262 g/mol. The fourth-order valence-electron chi connectivity index (χ4n) is 2.23. The third-order valence-corrected chi connectivity index (χ3v) is 3.62. The predicted octanol–water partition coefficient (Wildman–Crippen LogP) is 2.76. The Balaban J connectivity index is 1.99.